The first-order valence-electron chi connectivity index (χ1n) is 9.26. The summed E-state index contributed by atoms with van der Waals surface area (Å²) in [5, 5.41) is 23.6. The van der Waals surface area contributed by atoms with E-state index in [9.17, 15) is 4.79 Å². The Morgan fingerprint density at radius 1 is 1.25 bits per heavy atom. The number of thiophene rings is 1. The van der Waals surface area contributed by atoms with Gasteiger partial charge in [0.2, 0.25) is 0 Å². The standard InChI is InChI=1S/C18H18N8OS/c27-17(19-9-4-8-15-22-21-14-7-1-2-10-25(14)15)16-12-5-3-6-13(12)28-18(16)26-11-20-23-24-26/h1-2,7,10-11H,3-6,8-9H2,(H,19,27). The molecule has 0 saturated carbocycles. The van der Waals surface area contributed by atoms with E-state index >= 15 is 0 Å². The van der Waals surface area contributed by atoms with Crippen LogP contribution in [0.4, 0.5) is 0 Å². The summed E-state index contributed by atoms with van der Waals surface area (Å²) >= 11 is 1.61. The lowest BCUT2D eigenvalue weighted by Gasteiger charge is -2.08. The van der Waals surface area contributed by atoms with Crippen molar-refractivity contribution in [2.24, 2.45) is 0 Å². The molecule has 4 aromatic rings. The molecule has 1 amide bonds. The molecule has 4 aromatic heterocycles. The molecule has 0 unspecified atom stereocenters. The molecule has 0 radical (unpaired) electrons. The minimum atomic E-state index is -0.0593. The molecule has 1 N–H and O–H groups in total. The highest BCUT2D eigenvalue weighted by molar-refractivity contribution is 7.15. The topological polar surface area (TPSA) is 103 Å². The first-order valence-corrected chi connectivity index (χ1v) is 10.1. The molecule has 0 spiro atoms. The van der Waals surface area contributed by atoms with Gasteiger partial charge in [0.15, 0.2) is 5.65 Å². The fraction of sp³-hybridized carbons (Fsp3) is 0.333. The largest absolute Gasteiger partial charge is 0.352 e. The Bertz CT molecular complexity index is 1130. The van der Waals surface area contributed by atoms with E-state index in [-0.39, 0.29) is 5.91 Å². The minimum absolute atomic E-state index is 0.0593. The lowest BCUT2D eigenvalue weighted by atomic mass is 10.1. The van der Waals surface area contributed by atoms with Gasteiger partial charge in [-0.25, -0.2) is 0 Å². The van der Waals surface area contributed by atoms with Gasteiger partial charge in [0.25, 0.3) is 5.91 Å². The third kappa shape index (κ3) is 2.95. The van der Waals surface area contributed by atoms with Gasteiger partial charge in [-0.2, -0.15) is 4.68 Å². The van der Waals surface area contributed by atoms with E-state index in [4.69, 9.17) is 0 Å². The molecular weight excluding hydrogens is 376 g/mol. The number of aromatic nitrogens is 7. The van der Waals surface area contributed by atoms with Gasteiger partial charge >= 0.3 is 0 Å². The van der Waals surface area contributed by atoms with E-state index < -0.39 is 0 Å². The lowest BCUT2D eigenvalue weighted by molar-refractivity contribution is 0.0952. The van der Waals surface area contributed by atoms with Crippen molar-refractivity contribution >= 4 is 22.9 Å². The molecule has 0 aromatic carbocycles. The zero-order chi connectivity index (χ0) is 18.9. The van der Waals surface area contributed by atoms with Gasteiger partial charge in [-0.1, -0.05) is 6.07 Å². The Labute approximate surface area is 164 Å². The van der Waals surface area contributed by atoms with Crippen LogP contribution in [0.15, 0.2) is 30.7 Å². The molecule has 1 aliphatic rings. The van der Waals surface area contributed by atoms with Crippen molar-refractivity contribution in [1.82, 2.24) is 40.1 Å². The Morgan fingerprint density at radius 3 is 3.11 bits per heavy atom. The third-order valence-electron chi connectivity index (χ3n) is 4.93. The summed E-state index contributed by atoms with van der Waals surface area (Å²) in [5.41, 5.74) is 2.70. The predicted molar refractivity (Wildman–Crippen MR) is 103 cm³/mol. The average molecular weight is 394 g/mol. The number of aryl methyl sites for hydroxylation is 2. The maximum absolute atomic E-state index is 12.9. The predicted octanol–water partition coefficient (Wildman–Crippen LogP) is 1.62. The van der Waals surface area contributed by atoms with Crippen LogP contribution in [0, 0.1) is 0 Å². The molecule has 0 atom stereocenters. The number of tetrazole rings is 1. The first-order chi connectivity index (χ1) is 13.8. The van der Waals surface area contributed by atoms with Crippen molar-refractivity contribution in [2.45, 2.75) is 32.1 Å². The summed E-state index contributed by atoms with van der Waals surface area (Å²) < 4.78 is 3.56. The number of carbonyl (C=O) groups is 1. The van der Waals surface area contributed by atoms with E-state index in [2.05, 4.69) is 31.0 Å². The second kappa shape index (κ2) is 7.12. The van der Waals surface area contributed by atoms with Crippen LogP contribution in [0.5, 0.6) is 0 Å². The van der Waals surface area contributed by atoms with Gasteiger partial charge in [-0.3, -0.25) is 9.20 Å². The quantitative estimate of drug-likeness (QED) is 0.499. The van der Waals surface area contributed by atoms with Crippen LogP contribution in [-0.4, -0.2) is 47.3 Å². The Hall–Kier alpha value is -3.14. The van der Waals surface area contributed by atoms with Crippen LogP contribution in [-0.2, 0) is 19.3 Å². The molecule has 0 bridgehead atoms. The highest BCUT2D eigenvalue weighted by Gasteiger charge is 2.27. The van der Waals surface area contributed by atoms with Crippen molar-refractivity contribution in [2.75, 3.05) is 6.54 Å². The maximum atomic E-state index is 12.9. The van der Waals surface area contributed by atoms with Gasteiger partial charge in [0, 0.05) is 24.0 Å². The summed E-state index contributed by atoms with van der Waals surface area (Å²) in [6, 6.07) is 5.82. The van der Waals surface area contributed by atoms with E-state index in [1.165, 1.54) is 11.2 Å². The maximum Gasteiger partial charge on any atom is 0.254 e. The minimum Gasteiger partial charge on any atom is -0.352 e. The summed E-state index contributed by atoms with van der Waals surface area (Å²) in [7, 11) is 0. The fourth-order valence-corrected chi connectivity index (χ4v) is 4.94. The highest BCUT2D eigenvalue weighted by Crippen LogP contribution is 2.37. The zero-order valence-corrected chi connectivity index (χ0v) is 15.9. The van der Waals surface area contributed by atoms with Crippen LogP contribution < -0.4 is 5.32 Å². The van der Waals surface area contributed by atoms with E-state index in [0.29, 0.717) is 6.54 Å². The van der Waals surface area contributed by atoms with Crippen LogP contribution in [0.1, 0.15) is 39.5 Å². The Kier molecular flexibility index (Phi) is 4.32. The van der Waals surface area contributed by atoms with Gasteiger partial charge in [0.1, 0.15) is 17.2 Å². The van der Waals surface area contributed by atoms with E-state index in [1.807, 2.05) is 28.8 Å². The molecule has 28 heavy (non-hydrogen) atoms. The number of rotatable bonds is 6. The third-order valence-corrected chi connectivity index (χ3v) is 6.22. The van der Waals surface area contributed by atoms with Crippen molar-refractivity contribution in [1.29, 1.82) is 0 Å². The lowest BCUT2D eigenvalue weighted by Crippen LogP contribution is -2.26. The van der Waals surface area contributed by atoms with E-state index in [0.717, 1.165) is 59.7 Å². The number of carbonyl (C=O) groups excluding carboxylic acids is 1. The molecule has 4 heterocycles. The molecule has 0 aliphatic heterocycles. The molecule has 0 fully saturated rings. The van der Waals surface area contributed by atoms with E-state index in [1.54, 1.807) is 16.0 Å². The molecule has 142 valence electrons. The van der Waals surface area contributed by atoms with Crippen molar-refractivity contribution in [3.8, 4) is 5.00 Å². The number of amides is 1. The number of hydrogen-bond donors (Lipinski definition) is 1. The summed E-state index contributed by atoms with van der Waals surface area (Å²) in [4.78, 5) is 14.2. The second-order valence-corrected chi connectivity index (χ2v) is 7.78. The molecular formula is C18H18N8OS. The van der Waals surface area contributed by atoms with Crippen LogP contribution >= 0.6 is 11.3 Å². The first kappa shape index (κ1) is 17.0. The average Bonchev–Trinajstić information content (AvgIpc) is 3.48. The van der Waals surface area contributed by atoms with Gasteiger partial charge in [0.05, 0.1) is 5.56 Å². The SMILES string of the molecule is O=C(NCCCc1nnc2ccccn12)c1c(-n2cnnn2)sc2c1CCC2. The van der Waals surface area contributed by atoms with Gasteiger partial charge in [-0.05, 0) is 53.8 Å². The van der Waals surface area contributed by atoms with Gasteiger partial charge in [-0.15, -0.1) is 26.6 Å². The molecule has 5 rings (SSSR count). The number of pyridine rings is 1. The smallest absolute Gasteiger partial charge is 0.254 e. The molecule has 9 nitrogen and oxygen atoms in total. The van der Waals surface area contributed by atoms with Gasteiger partial charge < -0.3 is 5.32 Å². The van der Waals surface area contributed by atoms with Crippen LogP contribution in [0.2, 0.25) is 0 Å². The number of nitrogens with one attached hydrogen (secondary N) is 1. The number of nitrogens with zero attached hydrogens (tertiary/aromatic N) is 7. The summed E-state index contributed by atoms with van der Waals surface area (Å²) in [6.07, 6.45) is 8.06. The Morgan fingerprint density at radius 2 is 2.21 bits per heavy atom. The van der Waals surface area contributed by atoms with Crippen molar-refractivity contribution in [3.63, 3.8) is 0 Å². The zero-order valence-electron chi connectivity index (χ0n) is 15.1. The number of fused-ring (bicyclic) bond motifs is 2. The summed E-state index contributed by atoms with van der Waals surface area (Å²) in [6.45, 7) is 0.570. The van der Waals surface area contributed by atoms with Crippen LogP contribution in [0.3, 0.4) is 0 Å². The molecule has 10 heteroatoms. The summed E-state index contributed by atoms with van der Waals surface area (Å²) in [5.74, 6) is 0.839. The molecule has 0 saturated heterocycles. The monoisotopic (exact) mass is 394 g/mol. The number of hydrogen-bond acceptors (Lipinski definition) is 7. The van der Waals surface area contributed by atoms with Crippen LogP contribution in [0.25, 0.3) is 10.6 Å². The fourth-order valence-electron chi connectivity index (χ4n) is 3.64. The Balaban J connectivity index is 1.27. The second-order valence-electron chi connectivity index (χ2n) is 6.70. The normalized spacial score (nSPS) is 13.1. The van der Waals surface area contributed by atoms with Crippen molar-refractivity contribution < 1.29 is 4.79 Å². The van der Waals surface area contributed by atoms with Crippen molar-refractivity contribution in [3.05, 3.63) is 52.6 Å². The highest BCUT2D eigenvalue weighted by atomic mass is 32.1. The molecule has 1 aliphatic carbocycles.